The molecule has 0 spiro atoms. The second-order valence-electron chi connectivity index (χ2n) is 3.26. The lowest BCUT2D eigenvalue weighted by Crippen LogP contribution is -2.03. The third-order valence-corrected chi connectivity index (χ3v) is 2.23. The maximum atomic E-state index is 5.68. The molecule has 1 aliphatic heterocycles. The molecule has 1 fully saturated rings. The lowest BCUT2D eigenvalue weighted by atomic mass is 10.1. The molecule has 0 aromatic heterocycles. The third-order valence-electron chi connectivity index (χ3n) is 2.23. The number of rotatable bonds is 2. The van der Waals surface area contributed by atoms with Gasteiger partial charge in [-0.05, 0) is 18.6 Å². The number of benzene rings is 1. The number of ether oxygens (including phenoxy) is 2. The van der Waals surface area contributed by atoms with Crippen molar-refractivity contribution in [2.45, 2.75) is 19.3 Å². The normalized spacial score (nSPS) is 27.2. The van der Waals surface area contributed by atoms with Crippen molar-refractivity contribution in [3.63, 3.8) is 0 Å². The highest BCUT2D eigenvalue weighted by molar-refractivity contribution is 5.18. The summed E-state index contributed by atoms with van der Waals surface area (Å²) in [5, 5.41) is 0. The van der Waals surface area contributed by atoms with Gasteiger partial charge in [-0.3, -0.25) is 0 Å². The Labute approximate surface area is 84.2 Å². The summed E-state index contributed by atoms with van der Waals surface area (Å²) in [6, 6.07) is 10.2. The van der Waals surface area contributed by atoms with E-state index in [2.05, 4.69) is 12.1 Å². The zero-order chi connectivity index (χ0) is 9.80. The summed E-state index contributed by atoms with van der Waals surface area (Å²) in [6.45, 7) is 2.60. The summed E-state index contributed by atoms with van der Waals surface area (Å²) in [5.41, 5.74) is 1.18. The molecular formula is C12H14O2. The molecule has 0 N–H and O–H groups in total. The van der Waals surface area contributed by atoms with E-state index >= 15 is 0 Å². The molecular weight excluding hydrogens is 176 g/mol. The van der Waals surface area contributed by atoms with Crippen LogP contribution in [0.25, 0.3) is 0 Å². The van der Waals surface area contributed by atoms with Gasteiger partial charge in [0.25, 0.3) is 0 Å². The second kappa shape index (κ2) is 4.40. The van der Waals surface area contributed by atoms with Gasteiger partial charge in [-0.2, -0.15) is 0 Å². The Morgan fingerprint density at radius 3 is 2.79 bits per heavy atom. The van der Waals surface area contributed by atoms with Crippen LogP contribution in [-0.4, -0.2) is 12.9 Å². The van der Waals surface area contributed by atoms with Gasteiger partial charge in [0.05, 0.1) is 6.61 Å². The zero-order valence-electron chi connectivity index (χ0n) is 8.22. The van der Waals surface area contributed by atoms with E-state index in [4.69, 9.17) is 9.47 Å². The Kier molecular flexibility index (Phi) is 2.96. The summed E-state index contributed by atoms with van der Waals surface area (Å²) >= 11 is 0. The quantitative estimate of drug-likeness (QED) is 0.667. The van der Waals surface area contributed by atoms with Crippen LogP contribution in [0, 0.1) is 0 Å². The first-order valence-electron chi connectivity index (χ1n) is 4.85. The van der Waals surface area contributed by atoms with Gasteiger partial charge in [-0.15, -0.1) is 0 Å². The maximum absolute atomic E-state index is 5.68. The molecule has 74 valence electrons. The summed E-state index contributed by atoms with van der Waals surface area (Å²) < 4.78 is 11.1. The highest BCUT2D eigenvalue weighted by atomic mass is 16.7. The van der Waals surface area contributed by atoms with Crippen LogP contribution in [0.1, 0.15) is 18.6 Å². The topological polar surface area (TPSA) is 18.5 Å². The number of allylic oxidation sites excluding steroid dienone is 1. The highest BCUT2D eigenvalue weighted by Gasteiger charge is 2.24. The molecule has 0 bridgehead atoms. The van der Waals surface area contributed by atoms with Gasteiger partial charge in [0.1, 0.15) is 6.10 Å². The first-order valence-corrected chi connectivity index (χ1v) is 4.85. The van der Waals surface area contributed by atoms with Gasteiger partial charge in [0, 0.05) is 0 Å². The first-order chi connectivity index (χ1) is 6.90. The molecule has 14 heavy (non-hydrogen) atoms. The van der Waals surface area contributed by atoms with Crippen LogP contribution in [-0.2, 0) is 9.47 Å². The second-order valence-corrected chi connectivity index (χ2v) is 3.26. The van der Waals surface area contributed by atoms with Gasteiger partial charge in [-0.1, -0.05) is 36.4 Å². The summed E-state index contributed by atoms with van der Waals surface area (Å²) in [7, 11) is 0. The molecule has 2 rings (SSSR count). The van der Waals surface area contributed by atoms with Crippen molar-refractivity contribution in [3.8, 4) is 0 Å². The van der Waals surface area contributed by atoms with E-state index < -0.39 is 0 Å². The minimum atomic E-state index is -0.176. The van der Waals surface area contributed by atoms with Crippen LogP contribution in [0.2, 0.25) is 0 Å². The predicted molar refractivity (Wildman–Crippen MR) is 54.8 cm³/mol. The van der Waals surface area contributed by atoms with Crippen molar-refractivity contribution in [3.05, 3.63) is 48.0 Å². The Morgan fingerprint density at radius 1 is 1.29 bits per heavy atom. The van der Waals surface area contributed by atoms with E-state index in [0.717, 1.165) is 0 Å². The van der Waals surface area contributed by atoms with Gasteiger partial charge in [0.15, 0.2) is 6.29 Å². The van der Waals surface area contributed by atoms with E-state index in [1.807, 2.05) is 37.3 Å². The van der Waals surface area contributed by atoms with Crippen molar-refractivity contribution in [1.29, 1.82) is 0 Å². The van der Waals surface area contributed by atoms with Crippen LogP contribution < -0.4 is 0 Å². The van der Waals surface area contributed by atoms with E-state index in [9.17, 15) is 0 Å². The smallest absolute Gasteiger partial charge is 0.177 e. The van der Waals surface area contributed by atoms with Gasteiger partial charge in [0.2, 0.25) is 0 Å². The Hall–Kier alpha value is -1.12. The minimum Gasteiger partial charge on any atom is -0.346 e. The molecule has 1 aliphatic rings. The average Bonchev–Trinajstić information content (AvgIpc) is 2.68. The number of hydrogen-bond acceptors (Lipinski definition) is 2. The molecule has 1 saturated heterocycles. The fourth-order valence-corrected chi connectivity index (χ4v) is 1.52. The van der Waals surface area contributed by atoms with Crippen molar-refractivity contribution < 1.29 is 9.47 Å². The molecule has 0 aliphatic carbocycles. The van der Waals surface area contributed by atoms with Crippen LogP contribution in [0.5, 0.6) is 0 Å². The van der Waals surface area contributed by atoms with Crippen LogP contribution in [0.4, 0.5) is 0 Å². The number of hydrogen-bond donors (Lipinski definition) is 0. The Balaban J connectivity index is 2.02. The SMILES string of the molecule is C/C=C\[C@@H]1OC[C@H](c2ccccc2)O1. The van der Waals surface area contributed by atoms with E-state index in [1.54, 1.807) is 0 Å². The lowest BCUT2D eigenvalue weighted by molar-refractivity contribution is -0.0201. The third kappa shape index (κ3) is 2.03. The van der Waals surface area contributed by atoms with Crippen molar-refractivity contribution in [2.75, 3.05) is 6.61 Å². The molecule has 0 unspecified atom stereocenters. The highest BCUT2D eigenvalue weighted by Crippen LogP contribution is 2.26. The zero-order valence-corrected chi connectivity index (χ0v) is 8.22. The minimum absolute atomic E-state index is 0.0809. The molecule has 1 heterocycles. The fourth-order valence-electron chi connectivity index (χ4n) is 1.52. The lowest BCUT2D eigenvalue weighted by Gasteiger charge is -2.08. The summed E-state index contributed by atoms with van der Waals surface area (Å²) in [4.78, 5) is 0. The average molecular weight is 190 g/mol. The maximum Gasteiger partial charge on any atom is 0.177 e. The fraction of sp³-hybridized carbons (Fsp3) is 0.333. The van der Waals surface area contributed by atoms with E-state index in [-0.39, 0.29) is 12.4 Å². The molecule has 0 amide bonds. The van der Waals surface area contributed by atoms with Gasteiger partial charge in [-0.25, -0.2) is 0 Å². The molecule has 1 aromatic rings. The molecule has 0 saturated carbocycles. The van der Waals surface area contributed by atoms with Crippen LogP contribution in [0.3, 0.4) is 0 Å². The largest absolute Gasteiger partial charge is 0.346 e. The molecule has 2 heteroatoms. The summed E-state index contributed by atoms with van der Waals surface area (Å²) in [5.74, 6) is 0. The molecule has 0 radical (unpaired) electrons. The predicted octanol–water partition coefficient (Wildman–Crippen LogP) is 2.68. The van der Waals surface area contributed by atoms with Crippen molar-refractivity contribution in [1.82, 2.24) is 0 Å². The van der Waals surface area contributed by atoms with E-state index in [1.165, 1.54) is 5.56 Å². The van der Waals surface area contributed by atoms with Gasteiger partial charge >= 0.3 is 0 Å². The van der Waals surface area contributed by atoms with E-state index in [0.29, 0.717) is 6.61 Å². The Bertz CT molecular complexity index is 305. The molecule has 2 nitrogen and oxygen atoms in total. The van der Waals surface area contributed by atoms with Crippen LogP contribution in [0.15, 0.2) is 42.5 Å². The Morgan fingerprint density at radius 2 is 2.07 bits per heavy atom. The monoisotopic (exact) mass is 190 g/mol. The summed E-state index contributed by atoms with van der Waals surface area (Å²) in [6.07, 6.45) is 3.77. The van der Waals surface area contributed by atoms with Crippen molar-refractivity contribution in [2.24, 2.45) is 0 Å². The molecule has 2 atom stereocenters. The molecule has 1 aromatic carbocycles. The van der Waals surface area contributed by atoms with Gasteiger partial charge < -0.3 is 9.47 Å². The first kappa shape index (κ1) is 9.44. The standard InChI is InChI=1S/C12H14O2/c1-2-6-12-13-9-11(14-12)10-7-4-3-5-8-10/h2-8,11-12H,9H2,1H3/b6-2-/t11-,12-/m1/s1. The van der Waals surface area contributed by atoms with Crippen LogP contribution >= 0.6 is 0 Å². The van der Waals surface area contributed by atoms with Crippen molar-refractivity contribution >= 4 is 0 Å².